The fourth-order valence-electron chi connectivity index (χ4n) is 2.01. The van der Waals surface area contributed by atoms with Gasteiger partial charge in [-0.15, -0.1) is 0 Å². The van der Waals surface area contributed by atoms with Gasteiger partial charge in [0.05, 0.1) is 6.20 Å². The van der Waals surface area contributed by atoms with Gasteiger partial charge < -0.3 is 9.90 Å². The van der Waals surface area contributed by atoms with Gasteiger partial charge in [-0.25, -0.2) is 8.42 Å². The molecule has 0 N–H and O–H groups in total. The van der Waals surface area contributed by atoms with E-state index in [4.69, 9.17) is 0 Å². The Kier molecular flexibility index (Phi) is 3.40. The van der Waals surface area contributed by atoms with Crippen molar-refractivity contribution in [2.45, 2.75) is 17.7 Å². The lowest BCUT2D eigenvalue weighted by atomic mass is 9.99. The summed E-state index contributed by atoms with van der Waals surface area (Å²) in [6.45, 7) is 0.408. The van der Waals surface area contributed by atoms with E-state index < -0.39 is 21.9 Å². The minimum absolute atomic E-state index is 0.136. The molecule has 2 heterocycles. The van der Waals surface area contributed by atoms with Gasteiger partial charge in [-0.1, -0.05) is 0 Å². The normalized spacial score (nSPS) is 18.9. The van der Waals surface area contributed by atoms with Gasteiger partial charge in [0, 0.05) is 38.2 Å². The first-order chi connectivity index (χ1) is 8.41. The second kappa shape index (κ2) is 4.69. The highest BCUT2D eigenvalue weighted by Gasteiger charge is 2.30. The number of carboxylic acids is 1. The summed E-state index contributed by atoms with van der Waals surface area (Å²) in [4.78, 5) is 10.8. The Labute approximate surface area is 105 Å². The van der Waals surface area contributed by atoms with Crippen LogP contribution < -0.4 is 5.11 Å². The molecule has 1 aliphatic heterocycles. The van der Waals surface area contributed by atoms with Crippen molar-refractivity contribution >= 4 is 16.0 Å². The largest absolute Gasteiger partial charge is 0.550 e. The molecule has 100 valence electrons. The van der Waals surface area contributed by atoms with Crippen LogP contribution in [0.5, 0.6) is 0 Å². The maximum absolute atomic E-state index is 12.2. The molecule has 0 unspecified atom stereocenters. The molecule has 1 saturated heterocycles. The fourth-order valence-corrected chi connectivity index (χ4v) is 3.47. The number of aliphatic carboxylic acids is 1. The van der Waals surface area contributed by atoms with E-state index >= 15 is 0 Å². The van der Waals surface area contributed by atoms with E-state index in [2.05, 4.69) is 5.10 Å². The molecule has 0 radical (unpaired) electrons. The number of aryl methyl sites for hydroxylation is 1. The molecular formula is C10H14N3O4S-. The maximum atomic E-state index is 12.2. The fraction of sp³-hybridized carbons (Fsp3) is 0.600. The molecule has 8 heteroatoms. The third-order valence-electron chi connectivity index (χ3n) is 3.11. The summed E-state index contributed by atoms with van der Waals surface area (Å²) in [5, 5.41) is 14.5. The zero-order valence-corrected chi connectivity index (χ0v) is 10.8. The molecule has 0 saturated carbocycles. The van der Waals surface area contributed by atoms with Crippen LogP contribution in [0.1, 0.15) is 12.8 Å². The predicted octanol–water partition coefficient (Wildman–Crippen LogP) is -1.43. The Bertz CT molecular complexity index is 543. The van der Waals surface area contributed by atoms with Crippen molar-refractivity contribution < 1.29 is 18.3 Å². The standard InChI is InChI=1S/C10H15N3O4S/c1-12-7-9(6-11-12)18(16,17)13-4-2-8(3-5-13)10(14)15/h6-8H,2-5H2,1H3,(H,14,15)/p-1. The van der Waals surface area contributed by atoms with E-state index in [1.807, 2.05) is 0 Å². The number of carbonyl (C=O) groups is 1. The molecular weight excluding hydrogens is 258 g/mol. The summed E-state index contributed by atoms with van der Waals surface area (Å²) in [5.74, 6) is -1.65. The number of nitrogens with zero attached hydrogens (tertiary/aromatic N) is 3. The van der Waals surface area contributed by atoms with E-state index in [9.17, 15) is 18.3 Å². The SMILES string of the molecule is Cn1cc(S(=O)(=O)N2CCC(C(=O)[O-])CC2)cn1. The summed E-state index contributed by atoms with van der Waals surface area (Å²) < 4.78 is 27.1. The summed E-state index contributed by atoms with van der Waals surface area (Å²) in [5.41, 5.74) is 0. The third-order valence-corrected chi connectivity index (χ3v) is 4.96. The van der Waals surface area contributed by atoms with Crippen LogP contribution in [0, 0.1) is 5.92 Å². The number of hydrogen-bond acceptors (Lipinski definition) is 5. The zero-order valence-electron chi connectivity index (χ0n) is 9.94. The van der Waals surface area contributed by atoms with Crippen LogP contribution in [0.2, 0.25) is 0 Å². The molecule has 1 aromatic rings. The molecule has 18 heavy (non-hydrogen) atoms. The first-order valence-corrected chi connectivity index (χ1v) is 7.05. The number of aromatic nitrogens is 2. The van der Waals surface area contributed by atoms with Gasteiger partial charge in [-0.2, -0.15) is 9.40 Å². The van der Waals surface area contributed by atoms with Gasteiger partial charge in [0.25, 0.3) is 0 Å². The van der Waals surface area contributed by atoms with E-state index in [1.54, 1.807) is 7.05 Å². The van der Waals surface area contributed by atoms with Gasteiger partial charge in [-0.05, 0) is 12.8 Å². The van der Waals surface area contributed by atoms with Gasteiger partial charge in [-0.3, -0.25) is 4.68 Å². The van der Waals surface area contributed by atoms with Crippen LogP contribution in [0.3, 0.4) is 0 Å². The molecule has 1 fully saturated rings. The van der Waals surface area contributed by atoms with E-state index in [0.29, 0.717) is 12.8 Å². The highest BCUT2D eigenvalue weighted by Crippen LogP contribution is 2.22. The molecule has 0 atom stereocenters. The lowest BCUT2D eigenvalue weighted by Gasteiger charge is -2.31. The number of piperidine rings is 1. The molecule has 0 aliphatic carbocycles. The van der Waals surface area contributed by atoms with Crippen molar-refractivity contribution in [1.29, 1.82) is 0 Å². The van der Waals surface area contributed by atoms with E-state index in [-0.39, 0.29) is 18.0 Å². The van der Waals surface area contributed by atoms with Crippen LogP contribution in [0.25, 0.3) is 0 Å². The Morgan fingerprint density at radius 2 is 2.06 bits per heavy atom. The van der Waals surface area contributed by atoms with Crippen LogP contribution >= 0.6 is 0 Å². The number of sulfonamides is 1. The Morgan fingerprint density at radius 3 is 2.50 bits per heavy atom. The number of rotatable bonds is 3. The first kappa shape index (κ1) is 13.0. The Balaban J connectivity index is 2.12. The smallest absolute Gasteiger partial charge is 0.246 e. The van der Waals surface area contributed by atoms with Crippen LogP contribution in [0.15, 0.2) is 17.3 Å². The second-order valence-electron chi connectivity index (χ2n) is 4.35. The maximum Gasteiger partial charge on any atom is 0.246 e. The average Bonchev–Trinajstić information content (AvgIpc) is 2.76. The Hall–Kier alpha value is -1.41. The number of hydrogen-bond donors (Lipinski definition) is 0. The van der Waals surface area contributed by atoms with Crippen molar-refractivity contribution in [3.05, 3.63) is 12.4 Å². The first-order valence-electron chi connectivity index (χ1n) is 5.61. The molecule has 2 rings (SSSR count). The summed E-state index contributed by atoms with van der Waals surface area (Å²) in [6.07, 6.45) is 3.31. The van der Waals surface area contributed by atoms with E-state index in [0.717, 1.165) is 0 Å². The highest BCUT2D eigenvalue weighted by atomic mass is 32.2. The van der Waals surface area contributed by atoms with Crippen LogP contribution in [-0.4, -0.2) is 41.6 Å². The second-order valence-corrected chi connectivity index (χ2v) is 6.29. The Morgan fingerprint density at radius 1 is 1.44 bits per heavy atom. The summed E-state index contributed by atoms with van der Waals surface area (Å²) in [6, 6.07) is 0. The van der Waals surface area contributed by atoms with Crippen molar-refractivity contribution in [2.24, 2.45) is 13.0 Å². The van der Waals surface area contributed by atoms with Crippen molar-refractivity contribution in [1.82, 2.24) is 14.1 Å². The molecule has 0 bridgehead atoms. The zero-order chi connectivity index (χ0) is 13.3. The van der Waals surface area contributed by atoms with Gasteiger partial charge >= 0.3 is 0 Å². The molecule has 1 aliphatic rings. The van der Waals surface area contributed by atoms with Gasteiger partial charge in [0.1, 0.15) is 4.90 Å². The lowest BCUT2D eigenvalue weighted by Crippen LogP contribution is -2.43. The van der Waals surface area contributed by atoms with Crippen molar-refractivity contribution in [3.63, 3.8) is 0 Å². The van der Waals surface area contributed by atoms with Crippen molar-refractivity contribution in [2.75, 3.05) is 13.1 Å². The molecule has 7 nitrogen and oxygen atoms in total. The van der Waals surface area contributed by atoms with E-state index in [1.165, 1.54) is 21.4 Å². The number of carbonyl (C=O) groups excluding carboxylic acids is 1. The predicted molar refractivity (Wildman–Crippen MR) is 59.7 cm³/mol. The molecule has 0 amide bonds. The number of carboxylic acid groups (broad SMARTS) is 1. The minimum atomic E-state index is -3.55. The van der Waals surface area contributed by atoms with Crippen molar-refractivity contribution in [3.8, 4) is 0 Å². The molecule has 1 aromatic heterocycles. The third kappa shape index (κ3) is 2.39. The topological polar surface area (TPSA) is 95.3 Å². The van der Waals surface area contributed by atoms with Crippen LogP contribution in [-0.2, 0) is 21.9 Å². The summed E-state index contributed by atoms with van der Waals surface area (Å²) in [7, 11) is -1.91. The van der Waals surface area contributed by atoms with Gasteiger partial charge in [0.15, 0.2) is 0 Å². The highest BCUT2D eigenvalue weighted by molar-refractivity contribution is 7.89. The minimum Gasteiger partial charge on any atom is -0.550 e. The molecule has 0 aromatic carbocycles. The quantitative estimate of drug-likeness (QED) is 0.672. The van der Waals surface area contributed by atoms with Crippen LogP contribution in [0.4, 0.5) is 0 Å². The summed E-state index contributed by atoms with van der Waals surface area (Å²) >= 11 is 0. The molecule has 0 spiro atoms. The average molecular weight is 272 g/mol. The van der Waals surface area contributed by atoms with Gasteiger partial charge in [0.2, 0.25) is 10.0 Å². The lowest BCUT2D eigenvalue weighted by molar-refractivity contribution is -0.312. The monoisotopic (exact) mass is 272 g/mol.